The maximum atomic E-state index is 13.7. The molecule has 1 fully saturated rings. The van der Waals surface area contributed by atoms with Crippen molar-refractivity contribution in [1.29, 1.82) is 0 Å². The van der Waals surface area contributed by atoms with Crippen molar-refractivity contribution in [2.24, 2.45) is 0 Å². The van der Waals surface area contributed by atoms with E-state index in [1.165, 1.54) is 35.6 Å². The molecule has 0 bridgehead atoms. The molecule has 0 aliphatic heterocycles. The SMILES string of the molecule is Cc1c(C2CC2)nc2ccc(-n3ccc(OCc4ccc(F)cc4F)cc3=O)cn12. The van der Waals surface area contributed by atoms with Crippen LogP contribution in [0, 0.1) is 18.6 Å². The van der Waals surface area contributed by atoms with Crippen LogP contribution in [0.5, 0.6) is 5.75 Å². The van der Waals surface area contributed by atoms with Crippen molar-refractivity contribution < 1.29 is 13.5 Å². The van der Waals surface area contributed by atoms with Gasteiger partial charge in [0, 0.05) is 41.7 Å². The Bertz CT molecular complexity index is 1320. The number of aryl methyl sites for hydroxylation is 1. The summed E-state index contributed by atoms with van der Waals surface area (Å²) in [4.78, 5) is 17.4. The molecule has 5 nitrogen and oxygen atoms in total. The second-order valence-corrected chi connectivity index (χ2v) is 7.57. The van der Waals surface area contributed by atoms with E-state index in [9.17, 15) is 13.6 Å². The lowest BCUT2D eigenvalue weighted by Gasteiger charge is -2.10. The molecule has 4 aromatic rings. The fourth-order valence-corrected chi connectivity index (χ4v) is 3.62. The van der Waals surface area contributed by atoms with Crippen molar-refractivity contribution in [2.45, 2.75) is 32.3 Å². The largest absolute Gasteiger partial charge is 0.489 e. The summed E-state index contributed by atoms with van der Waals surface area (Å²) in [5.41, 5.74) is 3.76. The van der Waals surface area contributed by atoms with E-state index in [2.05, 4.69) is 0 Å². The smallest absolute Gasteiger partial charge is 0.258 e. The van der Waals surface area contributed by atoms with Crippen molar-refractivity contribution in [1.82, 2.24) is 14.0 Å². The van der Waals surface area contributed by atoms with Gasteiger partial charge in [0.2, 0.25) is 0 Å². The molecule has 5 rings (SSSR count). The summed E-state index contributed by atoms with van der Waals surface area (Å²) in [7, 11) is 0. The first-order valence-electron chi connectivity index (χ1n) is 9.78. The number of pyridine rings is 2. The van der Waals surface area contributed by atoms with Crippen molar-refractivity contribution >= 4 is 5.65 Å². The van der Waals surface area contributed by atoms with E-state index in [0.717, 1.165) is 23.1 Å². The van der Waals surface area contributed by atoms with Crippen LogP contribution in [-0.4, -0.2) is 14.0 Å². The summed E-state index contributed by atoms with van der Waals surface area (Å²) in [6, 6.07) is 10.1. The zero-order valence-corrected chi connectivity index (χ0v) is 16.3. The third-order valence-electron chi connectivity index (χ3n) is 5.42. The van der Waals surface area contributed by atoms with Crippen LogP contribution in [0.3, 0.4) is 0 Å². The van der Waals surface area contributed by atoms with Gasteiger partial charge in [0.15, 0.2) is 0 Å². The molecule has 0 atom stereocenters. The van der Waals surface area contributed by atoms with Crippen LogP contribution in [0.2, 0.25) is 0 Å². The number of nitrogens with zero attached hydrogens (tertiary/aromatic N) is 3. The maximum Gasteiger partial charge on any atom is 0.258 e. The predicted molar refractivity (Wildman–Crippen MR) is 108 cm³/mol. The Morgan fingerprint density at radius 1 is 1.13 bits per heavy atom. The van der Waals surface area contributed by atoms with Gasteiger partial charge in [-0.1, -0.05) is 0 Å². The van der Waals surface area contributed by atoms with Gasteiger partial charge < -0.3 is 9.14 Å². The van der Waals surface area contributed by atoms with Crippen molar-refractivity contribution in [3.8, 4) is 11.4 Å². The zero-order chi connectivity index (χ0) is 20.8. The van der Waals surface area contributed by atoms with Gasteiger partial charge in [-0.15, -0.1) is 0 Å². The van der Waals surface area contributed by atoms with Gasteiger partial charge >= 0.3 is 0 Å². The number of benzene rings is 1. The first-order valence-corrected chi connectivity index (χ1v) is 9.78. The molecule has 1 aliphatic rings. The standard InChI is InChI=1S/C23H19F2N3O2/c1-14-23(15-2-3-15)26-21-7-6-18(12-28(14)21)27-9-8-19(11-22(27)29)30-13-16-4-5-17(24)10-20(16)25/h4-12,15H,2-3,13H2,1H3. The van der Waals surface area contributed by atoms with E-state index in [4.69, 9.17) is 9.72 Å². The van der Waals surface area contributed by atoms with Crippen LogP contribution in [0.1, 0.15) is 35.7 Å². The minimum atomic E-state index is -0.682. The number of hydrogen-bond donors (Lipinski definition) is 0. The van der Waals surface area contributed by atoms with Gasteiger partial charge in [-0.25, -0.2) is 13.8 Å². The van der Waals surface area contributed by atoms with Crippen molar-refractivity contribution in [3.63, 3.8) is 0 Å². The van der Waals surface area contributed by atoms with Gasteiger partial charge in [0.05, 0.1) is 11.4 Å². The molecule has 152 valence electrons. The molecule has 0 amide bonds. The third-order valence-corrected chi connectivity index (χ3v) is 5.42. The highest BCUT2D eigenvalue weighted by Gasteiger charge is 2.28. The lowest BCUT2D eigenvalue weighted by molar-refractivity contribution is 0.298. The molecule has 30 heavy (non-hydrogen) atoms. The van der Waals surface area contributed by atoms with Crippen molar-refractivity contribution in [2.75, 3.05) is 0 Å². The first kappa shape index (κ1) is 18.5. The number of halogens is 2. The van der Waals surface area contributed by atoms with Crippen LogP contribution < -0.4 is 10.3 Å². The summed E-state index contributed by atoms with van der Waals surface area (Å²) >= 11 is 0. The summed E-state index contributed by atoms with van der Waals surface area (Å²) in [6.07, 6.45) is 5.88. The van der Waals surface area contributed by atoms with Crippen LogP contribution in [0.15, 0.2) is 59.7 Å². The van der Waals surface area contributed by atoms with E-state index in [-0.39, 0.29) is 17.7 Å². The molecule has 0 saturated heterocycles. The summed E-state index contributed by atoms with van der Waals surface area (Å²) in [5, 5.41) is 0. The van der Waals surface area contributed by atoms with Gasteiger partial charge in [0.1, 0.15) is 29.6 Å². The lowest BCUT2D eigenvalue weighted by atomic mass is 10.2. The summed E-state index contributed by atoms with van der Waals surface area (Å²) < 4.78 is 35.8. The van der Waals surface area contributed by atoms with Crippen molar-refractivity contribution in [3.05, 3.63) is 93.8 Å². The van der Waals surface area contributed by atoms with Crippen LogP contribution in [0.4, 0.5) is 8.78 Å². The monoisotopic (exact) mass is 407 g/mol. The number of aromatic nitrogens is 3. The molecular formula is C23H19F2N3O2. The average molecular weight is 407 g/mol. The minimum Gasteiger partial charge on any atom is -0.489 e. The normalized spacial score (nSPS) is 13.7. The van der Waals surface area contributed by atoms with Gasteiger partial charge in [0.25, 0.3) is 5.56 Å². The summed E-state index contributed by atoms with van der Waals surface area (Å²) in [6.45, 7) is 1.95. The molecule has 0 N–H and O–H groups in total. The van der Waals surface area contributed by atoms with E-state index in [1.54, 1.807) is 12.3 Å². The molecular weight excluding hydrogens is 388 g/mol. The number of rotatable bonds is 5. The fraction of sp³-hybridized carbons (Fsp3) is 0.217. The number of ether oxygens (including phenoxy) is 1. The quantitative estimate of drug-likeness (QED) is 0.489. The Kier molecular flexibility index (Phi) is 4.38. The Morgan fingerprint density at radius 3 is 2.70 bits per heavy atom. The van der Waals surface area contributed by atoms with E-state index >= 15 is 0 Å². The zero-order valence-electron chi connectivity index (χ0n) is 16.3. The van der Waals surface area contributed by atoms with E-state index in [1.807, 2.05) is 29.7 Å². The molecule has 3 aromatic heterocycles. The van der Waals surface area contributed by atoms with E-state index < -0.39 is 11.6 Å². The predicted octanol–water partition coefficient (Wildman–Crippen LogP) is 4.53. The molecule has 7 heteroatoms. The average Bonchev–Trinajstić information content (AvgIpc) is 3.51. The first-order chi connectivity index (χ1) is 14.5. The number of fused-ring (bicyclic) bond motifs is 1. The molecule has 1 aliphatic carbocycles. The molecule has 0 spiro atoms. The molecule has 3 heterocycles. The third kappa shape index (κ3) is 3.36. The minimum absolute atomic E-state index is 0.0975. The Hall–Kier alpha value is -3.48. The maximum absolute atomic E-state index is 13.7. The highest BCUT2D eigenvalue weighted by atomic mass is 19.1. The Labute approximate surface area is 171 Å². The van der Waals surface area contributed by atoms with Gasteiger partial charge in [-0.2, -0.15) is 0 Å². The highest BCUT2D eigenvalue weighted by molar-refractivity contribution is 5.49. The second kappa shape index (κ2) is 7.09. The number of hydrogen-bond acceptors (Lipinski definition) is 3. The van der Waals surface area contributed by atoms with Gasteiger partial charge in [-0.3, -0.25) is 9.36 Å². The van der Waals surface area contributed by atoms with Gasteiger partial charge in [-0.05, 0) is 50.1 Å². The molecule has 0 radical (unpaired) electrons. The van der Waals surface area contributed by atoms with Crippen LogP contribution >= 0.6 is 0 Å². The Balaban J connectivity index is 1.40. The fourth-order valence-electron chi connectivity index (χ4n) is 3.62. The van der Waals surface area contributed by atoms with E-state index in [0.29, 0.717) is 17.4 Å². The van der Waals surface area contributed by atoms with Crippen LogP contribution in [0.25, 0.3) is 11.3 Å². The topological polar surface area (TPSA) is 48.5 Å². The lowest BCUT2D eigenvalue weighted by Crippen LogP contribution is -2.17. The molecule has 0 unspecified atom stereocenters. The highest BCUT2D eigenvalue weighted by Crippen LogP contribution is 2.41. The number of imidazole rings is 1. The molecule has 1 saturated carbocycles. The summed E-state index contributed by atoms with van der Waals surface area (Å²) in [5.74, 6) is -0.458. The molecule has 1 aromatic carbocycles. The van der Waals surface area contributed by atoms with Crippen LogP contribution in [-0.2, 0) is 6.61 Å². The Morgan fingerprint density at radius 2 is 1.97 bits per heavy atom. The second-order valence-electron chi connectivity index (χ2n) is 7.57.